The molecule has 0 radical (unpaired) electrons. The van der Waals surface area contributed by atoms with Gasteiger partial charge in [-0.3, -0.25) is 9.59 Å². The summed E-state index contributed by atoms with van der Waals surface area (Å²) >= 11 is 0. The smallest absolute Gasteiger partial charge is 0.303 e. The molecule has 0 fully saturated rings. The molecule has 1 aromatic carbocycles. The number of rotatable bonds is 4. The molecule has 0 atom stereocenters. The average Bonchev–Trinajstić information content (AvgIpc) is 2.30. The molecule has 0 unspecified atom stereocenters. The highest BCUT2D eigenvalue weighted by Gasteiger charge is 2.00. The number of ether oxygens (including phenoxy) is 1. The topological polar surface area (TPSA) is 83.8 Å². The second-order valence-electron chi connectivity index (χ2n) is 3.19. The third kappa shape index (κ3) is 6.19. The average molecular weight is 240 g/mol. The van der Waals surface area contributed by atoms with Gasteiger partial charge in [0.2, 0.25) is 0 Å². The fourth-order valence-electron chi connectivity index (χ4n) is 0.981. The van der Waals surface area contributed by atoms with Crippen molar-refractivity contribution in [1.29, 1.82) is 0 Å². The lowest BCUT2D eigenvalue weighted by atomic mass is 10.2. The summed E-state index contributed by atoms with van der Waals surface area (Å²) in [5, 5.41) is 17.0. The summed E-state index contributed by atoms with van der Waals surface area (Å²) in [5.41, 5.74) is 0.486. The third-order valence-corrected chi connectivity index (χ3v) is 1.80. The Balaban J connectivity index is 0.000000366. The molecule has 1 rings (SSSR count). The van der Waals surface area contributed by atoms with E-state index in [1.165, 1.54) is 25.3 Å². The van der Waals surface area contributed by atoms with Crippen LogP contribution in [0.15, 0.2) is 18.2 Å². The Labute approximate surface area is 99.7 Å². The summed E-state index contributed by atoms with van der Waals surface area (Å²) < 4.78 is 4.78. The van der Waals surface area contributed by atoms with Gasteiger partial charge in [-0.2, -0.15) is 0 Å². The second-order valence-corrected chi connectivity index (χ2v) is 3.19. The lowest BCUT2D eigenvalue weighted by Crippen LogP contribution is -1.90. The van der Waals surface area contributed by atoms with E-state index in [4.69, 9.17) is 14.9 Å². The maximum absolute atomic E-state index is 10.2. The van der Waals surface area contributed by atoms with Crippen molar-refractivity contribution in [1.82, 2.24) is 0 Å². The van der Waals surface area contributed by atoms with Gasteiger partial charge in [-0.1, -0.05) is 6.92 Å². The van der Waals surface area contributed by atoms with Crippen LogP contribution in [-0.4, -0.2) is 29.6 Å². The van der Waals surface area contributed by atoms with Crippen LogP contribution in [0.3, 0.4) is 0 Å². The van der Waals surface area contributed by atoms with E-state index in [0.717, 1.165) is 6.42 Å². The van der Waals surface area contributed by atoms with Crippen molar-refractivity contribution >= 4 is 12.3 Å². The highest BCUT2D eigenvalue weighted by atomic mass is 16.5. The van der Waals surface area contributed by atoms with E-state index in [0.29, 0.717) is 24.0 Å². The normalized spacial score (nSPS) is 8.82. The van der Waals surface area contributed by atoms with E-state index in [9.17, 15) is 9.59 Å². The first-order chi connectivity index (χ1) is 8.04. The van der Waals surface area contributed by atoms with Crippen LogP contribution in [0.2, 0.25) is 0 Å². The largest absolute Gasteiger partial charge is 0.504 e. The first kappa shape index (κ1) is 15.0. The summed E-state index contributed by atoms with van der Waals surface area (Å²) in [6.07, 6.45) is 1.72. The maximum atomic E-state index is 10.2. The molecule has 0 aliphatic carbocycles. The molecule has 17 heavy (non-hydrogen) atoms. The van der Waals surface area contributed by atoms with Crippen LogP contribution in [0.25, 0.3) is 0 Å². The molecule has 0 heterocycles. The van der Waals surface area contributed by atoms with Crippen molar-refractivity contribution in [3.8, 4) is 11.5 Å². The maximum Gasteiger partial charge on any atom is 0.303 e. The van der Waals surface area contributed by atoms with Crippen molar-refractivity contribution in [2.45, 2.75) is 19.8 Å². The van der Waals surface area contributed by atoms with Gasteiger partial charge >= 0.3 is 5.97 Å². The summed E-state index contributed by atoms with van der Waals surface area (Å²) in [5.74, 6) is -0.356. The van der Waals surface area contributed by atoms with Crippen molar-refractivity contribution in [3.63, 3.8) is 0 Å². The number of carbonyl (C=O) groups is 2. The SMILES string of the molecule is CCCC(=O)O.COc1cc(C=O)ccc1O. The van der Waals surface area contributed by atoms with E-state index < -0.39 is 5.97 Å². The number of methoxy groups -OCH3 is 1. The zero-order chi connectivity index (χ0) is 13.3. The van der Waals surface area contributed by atoms with Gasteiger partial charge in [-0.05, 0) is 24.6 Å². The van der Waals surface area contributed by atoms with Gasteiger partial charge in [0.05, 0.1) is 7.11 Å². The molecule has 0 saturated heterocycles. The van der Waals surface area contributed by atoms with Crippen LogP contribution in [0, 0.1) is 0 Å². The van der Waals surface area contributed by atoms with Crippen LogP contribution < -0.4 is 4.74 Å². The van der Waals surface area contributed by atoms with Gasteiger partial charge in [0.25, 0.3) is 0 Å². The predicted octanol–water partition coefficient (Wildman–Crippen LogP) is 2.08. The fraction of sp³-hybridized carbons (Fsp3) is 0.333. The lowest BCUT2D eigenvalue weighted by molar-refractivity contribution is -0.137. The Bertz CT molecular complexity index is 373. The van der Waals surface area contributed by atoms with Gasteiger partial charge in [0, 0.05) is 12.0 Å². The van der Waals surface area contributed by atoms with E-state index in [2.05, 4.69) is 0 Å². The molecule has 0 saturated carbocycles. The van der Waals surface area contributed by atoms with E-state index in [1.807, 2.05) is 6.92 Å². The molecular weight excluding hydrogens is 224 g/mol. The molecule has 1 aromatic rings. The Hall–Kier alpha value is -2.04. The van der Waals surface area contributed by atoms with Crippen molar-refractivity contribution < 1.29 is 24.5 Å². The minimum atomic E-state index is -0.711. The van der Waals surface area contributed by atoms with Crippen LogP contribution in [0.5, 0.6) is 11.5 Å². The van der Waals surface area contributed by atoms with E-state index in [-0.39, 0.29) is 5.75 Å². The number of carboxylic acid groups (broad SMARTS) is 1. The molecular formula is C12H16O5. The number of phenols is 1. The Morgan fingerprint density at radius 3 is 2.47 bits per heavy atom. The molecule has 0 spiro atoms. The van der Waals surface area contributed by atoms with Gasteiger partial charge < -0.3 is 14.9 Å². The molecule has 0 aliphatic heterocycles. The van der Waals surface area contributed by atoms with Crippen molar-refractivity contribution in [2.75, 3.05) is 7.11 Å². The highest BCUT2D eigenvalue weighted by molar-refractivity contribution is 5.76. The predicted molar refractivity (Wildman–Crippen MR) is 62.6 cm³/mol. The Morgan fingerprint density at radius 1 is 1.47 bits per heavy atom. The standard InChI is InChI=1S/C8H8O3.C4H8O2/c1-11-8-4-6(5-9)2-3-7(8)10;1-2-3-4(5)6/h2-5,10H,1H3;2-3H2,1H3,(H,5,6). The zero-order valence-corrected chi connectivity index (χ0v) is 9.84. The highest BCUT2D eigenvalue weighted by Crippen LogP contribution is 2.25. The number of carboxylic acids is 1. The summed E-state index contributed by atoms with van der Waals surface area (Å²) in [6.45, 7) is 1.84. The van der Waals surface area contributed by atoms with Gasteiger partial charge in [0.1, 0.15) is 6.29 Å². The first-order valence-corrected chi connectivity index (χ1v) is 5.09. The molecule has 0 aliphatic rings. The molecule has 5 heteroatoms. The van der Waals surface area contributed by atoms with Gasteiger partial charge in [-0.25, -0.2) is 0 Å². The quantitative estimate of drug-likeness (QED) is 0.787. The number of hydrogen-bond donors (Lipinski definition) is 2. The van der Waals surface area contributed by atoms with Gasteiger partial charge in [0.15, 0.2) is 11.5 Å². The number of aliphatic carboxylic acids is 1. The number of carbonyl (C=O) groups excluding carboxylic acids is 1. The monoisotopic (exact) mass is 240 g/mol. The number of hydrogen-bond acceptors (Lipinski definition) is 4. The molecule has 5 nitrogen and oxygen atoms in total. The Kier molecular flexibility index (Phi) is 7.17. The molecule has 94 valence electrons. The third-order valence-electron chi connectivity index (χ3n) is 1.80. The van der Waals surface area contributed by atoms with Crippen LogP contribution in [0.1, 0.15) is 30.1 Å². The summed E-state index contributed by atoms with van der Waals surface area (Å²) in [6, 6.07) is 4.41. The lowest BCUT2D eigenvalue weighted by Gasteiger charge is -2.01. The van der Waals surface area contributed by atoms with Crippen LogP contribution in [0.4, 0.5) is 0 Å². The number of aromatic hydroxyl groups is 1. The minimum absolute atomic E-state index is 0.0399. The van der Waals surface area contributed by atoms with Crippen LogP contribution >= 0.6 is 0 Å². The summed E-state index contributed by atoms with van der Waals surface area (Å²) in [7, 11) is 1.43. The summed E-state index contributed by atoms with van der Waals surface area (Å²) in [4.78, 5) is 19.8. The molecule has 2 N–H and O–H groups in total. The molecule has 0 bridgehead atoms. The Morgan fingerprint density at radius 2 is 2.12 bits per heavy atom. The first-order valence-electron chi connectivity index (χ1n) is 5.09. The van der Waals surface area contributed by atoms with Crippen molar-refractivity contribution in [3.05, 3.63) is 23.8 Å². The zero-order valence-electron chi connectivity index (χ0n) is 9.84. The number of phenolic OH excluding ortho intramolecular Hbond substituents is 1. The number of aldehydes is 1. The molecule has 0 aromatic heterocycles. The molecule has 0 amide bonds. The van der Waals surface area contributed by atoms with Gasteiger partial charge in [-0.15, -0.1) is 0 Å². The van der Waals surface area contributed by atoms with Crippen LogP contribution in [-0.2, 0) is 4.79 Å². The minimum Gasteiger partial charge on any atom is -0.504 e. The second kappa shape index (κ2) is 8.15. The van der Waals surface area contributed by atoms with Crippen molar-refractivity contribution in [2.24, 2.45) is 0 Å². The fourth-order valence-corrected chi connectivity index (χ4v) is 0.981. The van der Waals surface area contributed by atoms with E-state index >= 15 is 0 Å². The number of benzene rings is 1. The van der Waals surface area contributed by atoms with E-state index in [1.54, 1.807) is 0 Å².